The Balaban J connectivity index is 1.56. The molecule has 1 aliphatic heterocycles. The monoisotopic (exact) mass is 594 g/mol. The minimum atomic E-state index is -0.872. The van der Waals surface area contributed by atoms with Crippen LogP contribution in [0.2, 0.25) is 0 Å². The van der Waals surface area contributed by atoms with Gasteiger partial charge in [0.25, 0.3) is 5.56 Å². The number of ether oxygens (including phenoxy) is 3. The molecule has 12 heteroatoms. The van der Waals surface area contributed by atoms with E-state index >= 15 is 0 Å². The van der Waals surface area contributed by atoms with Gasteiger partial charge in [0.2, 0.25) is 11.8 Å². The summed E-state index contributed by atoms with van der Waals surface area (Å²) in [5.74, 6) is 0.806. The molecule has 0 bridgehead atoms. The molecule has 3 aromatic heterocycles. The van der Waals surface area contributed by atoms with Gasteiger partial charge in [0.1, 0.15) is 22.9 Å². The number of methoxy groups -OCH3 is 1. The molecule has 1 aliphatic carbocycles. The van der Waals surface area contributed by atoms with Crippen molar-refractivity contribution < 1.29 is 23.4 Å². The highest BCUT2D eigenvalue weighted by Gasteiger charge is 2.49. The summed E-state index contributed by atoms with van der Waals surface area (Å²) >= 11 is 1.30. The maximum atomic E-state index is 14.4. The van der Waals surface area contributed by atoms with Gasteiger partial charge in [-0.1, -0.05) is 18.2 Å². The molecule has 2 aliphatic rings. The number of amides is 1. The number of fused-ring (bicyclic) bond motifs is 1. The summed E-state index contributed by atoms with van der Waals surface area (Å²) in [6.07, 6.45) is 5.04. The van der Waals surface area contributed by atoms with Crippen LogP contribution in [0.1, 0.15) is 49.3 Å². The summed E-state index contributed by atoms with van der Waals surface area (Å²) in [5, 5.41) is 3.06. The number of carbonyl (C=O) groups is 1. The van der Waals surface area contributed by atoms with Crippen LogP contribution in [0.3, 0.4) is 0 Å². The lowest BCUT2D eigenvalue weighted by molar-refractivity contribution is -0.121. The lowest BCUT2D eigenvalue weighted by Crippen LogP contribution is -2.47. The van der Waals surface area contributed by atoms with Gasteiger partial charge in [-0.3, -0.25) is 18.7 Å². The number of rotatable bonds is 10. The van der Waals surface area contributed by atoms with Gasteiger partial charge in [0.15, 0.2) is 0 Å². The standard InChI is InChI=1S/C30H34N4O7S/c1-18-24-27(36)34(30(10-11-30)16-23(35)31-2)29(37)33(28(24)42-25(18)26-32-12-15-40-26)17-22(41-19-8-13-39-14-9-19)20-6-4-5-7-21(20)38-3/h4-7,12,15,19,22H,8-11,13-14,16-17H2,1-3H3,(H,31,35). The van der Waals surface area contributed by atoms with Crippen LogP contribution in [0.25, 0.3) is 21.0 Å². The molecule has 4 heterocycles. The highest BCUT2D eigenvalue weighted by atomic mass is 32.1. The Morgan fingerprint density at radius 1 is 1.24 bits per heavy atom. The largest absolute Gasteiger partial charge is 0.496 e. The second kappa shape index (κ2) is 11.5. The maximum Gasteiger partial charge on any atom is 0.332 e. The van der Waals surface area contributed by atoms with Crippen LogP contribution in [0.5, 0.6) is 5.75 Å². The number of hydrogen-bond acceptors (Lipinski definition) is 9. The molecule has 6 rings (SSSR count). The van der Waals surface area contributed by atoms with Crippen molar-refractivity contribution in [1.29, 1.82) is 0 Å². The van der Waals surface area contributed by atoms with E-state index in [9.17, 15) is 14.4 Å². The third-order valence-corrected chi connectivity index (χ3v) is 9.57. The molecule has 2 fully saturated rings. The average Bonchev–Trinajstić information content (AvgIpc) is 3.38. The molecule has 1 aromatic carbocycles. The van der Waals surface area contributed by atoms with Gasteiger partial charge in [-0.25, -0.2) is 9.78 Å². The number of para-hydroxylation sites is 1. The van der Waals surface area contributed by atoms with E-state index in [1.54, 1.807) is 24.9 Å². The zero-order chi connectivity index (χ0) is 29.4. The molecular weight excluding hydrogens is 560 g/mol. The van der Waals surface area contributed by atoms with Gasteiger partial charge in [-0.15, -0.1) is 11.3 Å². The molecule has 1 atom stereocenters. The summed E-state index contributed by atoms with van der Waals surface area (Å²) in [6.45, 7) is 3.18. The molecule has 42 heavy (non-hydrogen) atoms. The Bertz CT molecular complexity index is 1710. The molecule has 4 aromatic rings. The van der Waals surface area contributed by atoms with E-state index in [0.29, 0.717) is 58.4 Å². The van der Waals surface area contributed by atoms with E-state index in [0.717, 1.165) is 18.4 Å². The number of hydrogen-bond donors (Lipinski definition) is 1. The second-order valence-electron chi connectivity index (χ2n) is 10.9. The number of carbonyl (C=O) groups excluding carboxylic acids is 1. The summed E-state index contributed by atoms with van der Waals surface area (Å²) in [7, 11) is 3.16. The fraction of sp³-hybridized carbons (Fsp3) is 0.467. The first-order valence-electron chi connectivity index (χ1n) is 14.1. The number of nitrogens with one attached hydrogen (secondary N) is 1. The molecule has 222 valence electrons. The fourth-order valence-electron chi connectivity index (χ4n) is 5.83. The van der Waals surface area contributed by atoms with Crippen LogP contribution >= 0.6 is 11.3 Å². The highest BCUT2D eigenvalue weighted by Crippen LogP contribution is 2.46. The SMILES string of the molecule is CNC(=O)CC1(n2c(=O)c3c(C)c(-c4ncco4)sc3n(CC(OC3CCOCC3)c3ccccc3OC)c2=O)CC1. The predicted molar refractivity (Wildman–Crippen MR) is 157 cm³/mol. The number of nitrogens with zero attached hydrogens (tertiary/aromatic N) is 3. The van der Waals surface area contributed by atoms with Crippen molar-refractivity contribution in [3.05, 3.63) is 68.7 Å². The van der Waals surface area contributed by atoms with Crippen LogP contribution in [0.4, 0.5) is 0 Å². The molecule has 11 nitrogen and oxygen atoms in total. The molecule has 1 amide bonds. The van der Waals surface area contributed by atoms with E-state index < -0.39 is 22.9 Å². The van der Waals surface area contributed by atoms with Crippen molar-refractivity contribution in [1.82, 2.24) is 19.4 Å². The molecular formula is C30H34N4O7S. The minimum absolute atomic E-state index is 0.0500. The Morgan fingerprint density at radius 2 is 2.00 bits per heavy atom. The van der Waals surface area contributed by atoms with E-state index in [1.807, 2.05) is 31.2 Å². The molecule has 1 saturated carbocycles. The maximum absolute atomic E-state index is 14.4. The Labute approximate surface area is 246 Å². The van der Waals surface area contributed by atoms with E-state index in [4.69, 9.17) is 18.6 Å². The van der Waals surface area contributed by atoms with Gasteiger partial charge in [-0.2, -0.15) is 0 Å². The molecule has 1 N–H and O–H groups in total. The number of aryl methyl sites for hydroxylation is 1. The van der Waals surface area contributed by atoms with Crippen molar-refractivity contribution >= 4 is 27.5 Å². The summed E-state index contributed by atoms with van der Waals surface area (Å²) in [4.78, 5) is 46.6. The van der Waals surface area contributed by atoms with Crippen LogP contribution in [-0.4, -0.2) is 53.5 Å². The number of oxazole rings is 1. The van der Waals surface area contributed by atoms with Crippen LogP contribution in [-0.2, 0) is 26.4 Å². The predicted octanol–water partition coefficient (Wildman–Crippen LogP) is 3.76. The molecule has 1 saturated heterocycles. The Hall–Kier alpha value is -3.74. The number of benzene rings is 1. The second-order valence-corrected chi connectivity index (χ2v) is 11.9. The summed E-state index contributed by atoms with van der Waals surface area (Å²) < 4.78 is 26.5. The Kier molecular flexibility index (Phi) is 7.77. The van der Waals surface area contributed by atoms with Crippen LogP contribution in [0, 0.1) is 6.92 Å². The van der Waals surface area contributed by atoms with Gasteiger partial charge in [0, 0.05) is 25.8 Å². The third-order valence-electron chi connectivity index (χ3n) is 8.27. The van der Waals surface area contributed by atoms with E-state index in [1.165, 1.54) is 22.2 Å². The molecule has 0 spiro atoms. The van der Waals surface area contributed by atoms with Gasteiger partial charge >= 0.3 is 5.69 Å². The number of thiophene rings is 1. The first-order chi connectivity index (χ1) is 20.4. The molecule has 0 radical (unpaired) electrons. The topological polar surface area (TPSA) is 127 Å². The first kappa shape index (κ1) is 28.4. The Morgan fingerprint density at radius 3 is 2.67 bits per heavy atom. The lowest BCUT2D eigenvalue weighted by Gasteiger charge is -2.29. The van der Waals surface area contributed by atoms with Crippen LogP contribution in [0.15, 0.2) is 50.7 Å². The van der Waals surface area contributed by atoms with Gasteiger partial charge in [-0.05, 0) is 44.2 Å². The van der Waals surface area contributed by atoms with E-state index in [-0.39, 0.29) is 25.0 Å². The zero-order valence-electron chi connectivity index (χ0n) is 23.9. The third kappa shape index (κ3) is 5.07. The van der Waals surface area contributed by atoms with Gasteiger partial charge < -0.3 is 23.9 Å². The van der Waals surface area contributed by atoms with Crippen molar-refractivity contribution in [3.63, 3.8) is 0 Å². The van der Waals surface area contributed by atoms with Crippen molar-refractivity contribution in [3.8, 4) is 16.5 Å². The lowest BCUT2D eigenvalue weighted by atomic mass is 10.1. The smallest absolute Gasteiger partial charge is 0.332 e. The fourth-order valence-corrected chi connectivity index (χ4v) is 7.08. The normalized spacial score (nSPS) is 17.3. The summed E-state index contributed by atoms with van der Waals surface area (Å²) in [6, 6.07) is 7.61. The average molecular weight is 595 g/mol. The van der Waals surface area contributed by atoms with Crippen molar-refractivity contribution in [2.45, 2.75) is 63.3 Å². The quantitative estimate of drug-likeness (QED) is 0.294. The zero-order valence-corrected chi connectivity index (χ0v) is 24.7. The first-order valence-corrected chi connectivity index (χ1v) is 14.9. The minimum Gasteiger partial charge on any atom is -0.496 e. The van der Waals surface area contributed by atoms with Gasteiger partial charge in [0.05, 0.1) is 48.2 Å². The highest BCUT2D eigenvalue weighted by molar-refractivity contribution is 7.22. The number of aromatic nitrogens is 3. The van der Waals surface area contributed by atoms with Crippen LogP contribution < -0.4 is 21.3 Å². The summed E-state index contributed by atoms with van der Waals surface area (Å²) in [5.41, 5.74) is -0.261. The van der Waals surface area contributed by atoms with Crippen molar-refractivity contribution in [2.75, 3.05) is 27.4 Å². The van der Waals surface area contributed by atoms with Crippen molar-refractivity contribution in [2.24, 2.45) is 0 Å². The van der Waals surface area contributed by atoms with E-state index in [2.05, 4.69) is 10.3 Å². The molecule has 1 unspecified atom stereocenters.